The smallest absolute Gasteiger partial charge is 0.326 e. The molecule has 1 aliphatic heterocycles. The normalized spacial score (nSPS) is 15.6. The number of rotatable bonds is 6. The minimum atomic E-state index is -1.16. The van der Waals surface area contributed by atoms with Crippen LogP contribution in [0.2, 0.25) is 5.02 Å². The van der Waals surface area contributed by atoms with Crippen molar-refractivity contribution in [3.63, 3.8) is 0 Å². The first-order chi connectivity index (χ1) is 12.8. The molecule has 0 aliphatic carbocycles. The Balaban J connectivity index is 1.93. The molecule has 1 aliphatic rings. The number of amides is 2. The van der Waals surface area contributed by atoms with Crippen molar-refractivity contribution in [2.24, 2.45) is 0 Å². The Bertz CT molecular complexity index is 754. The Labute approximate surface area is 160 Å². The molecule has 0 radical (unpaired) electrons. The van der Waals surface area contributed by atoms with E-state index in [4.69, 9.17) is 16.3 Å². The van der Waals surface area contributed by atoms with E-state index in [1.165, 1.54) is 24.0 Å². The number of esters is 1. The average Bonchev–Trinajstić information content (AvgIpc) is 2.81. The van der Waals surface area contributed by atoms with Gasteiger partial charge < -0.3 is 15.0 Å². The Morgan fingerprint density at radius 2 is 2.11 bits per heavy atom. The van der Waals surface area contributed by atoms with E-state index >= 15 is 0 Å². The number of nitrogens with zero attached hydrogens (tertiary/aromatic N) is 2. The van der Waals surface area contributed by atoms with E-state index < -0.39 is 22.9 Å². The number of hydrogen-bond donors (Lipinski definition) is 1. The second-order valence-electron chi connectivity index (χ2n) is 6.17. The summed E-state index contributed by atoms with van der Waals surface area (Å²) in [6.45, 7) is 1.63. The second kappa shape index (κ2) is 9.31. The van der Waals surface area contributed by atoms with Crippen molar-refractivity contribution >= 4 is 40.8 Å². The molecule has 1 heterocycles. The molecule has 0 spiro atoms. The summed E-state index contributed by atoms with van der Waals surface area (Å²) in [5.74, 6) is -1.49. The van der Waals surface area contributed by atoms with Gasteiger partial charge in [-0.25, -0.2) is 0 Å². The number of carbonyl (C=O) groups is 3. The van der Waals surface area contributed by atoms with Crippen molar-refractivity contribution in [3.8, 4) is 0 Å². The lowest BCUT2D eigenvalue weighted by Crippen LogP contribution is -2.38. The number of hydrogen-bond acceptors (Lipinski definition) is 6. The second-order valence-corrected chi connectivity index (χ2v) is 6.58. The summed E-state index contributed by atoms with van der Waals surface area (Å²) in [5, 5.41) is 13.3. The molecule has 27 heavy (non-hydrogen) atoms. The molecule has 10 heteroatoms. The molecular weight excluding hydrogens is 378 g/mol. The molecule has 1 aromatic rings. The largest absolute Gasteiger partial charge is 0.451 e. The highest BCUT2D eigenvalue weighted by atomic mass is 35.5. The highest BCUT2D eigenvalue weighted by Gasteiger charge is 2.24. The van der Waals surface area contributed by atoms with Crippen LogP contribution in [0.4, 0.5) is 11.4 Å². The molecule has 146 valence electrons. The molecule has 1 N–H and O–H groups in total. The number of halogens is 1. The maximum atomic E-state index is 12.2. The SMILES string of the molecule is C[C@H](OC(=O)CN1CCCCCC1=O)C(=O)Nc1cc([N+](=O)[O-])ccc1Cl. The first-order valence-electron chi connectivity index (χ1n) is 8.50. The van der Waals surface area contributed by atoms with Crippen molar-refractivity contribution < 1.29 is 24.0 Å². The van der Waals surface area contributed by atoms with E-state index in [0.29, 0.717) is 13.0 Å². The Hall–Kier alpha value is -2.68. The molecule has 1 saturated heterocycles. The van der Waals surface area contributed by atoms with Crippen LogP contribution in [0.1, 0.15) is 32.6 Å². The van der Waals surface area contributed by atoms with E-state index in [9.17, 15) is 24.5 Å². The number of likely N-dealkylation sites (tertiary alicyclic amines) is 1. The number of nitrogens with one attached hydrogen (secondary N) is 1. The first-order valence-corrected chi connectivity index (χ1v) is 8.88. The summed E-state index contributed by atoms with van der Waals surface area (Å²) < 4.78 is 5.07. The maximum Gasteiger partial charge on any atom is 0.326 e. The van der Waals surface area contributed by atoms with Crippen LogP contribution in [-0.4, -0.2) is 46.8 Å². The summed E-state index contributed by atoms with van der Waals surface area (Å²) in [6, 6.07) is 3.61. The number of nitro benzene ring substituents is 1. The van der Waals surface area contributed by atoms with Crippen LogP contribution < -0.4 is 5.32 Å². The van der Waals surface area contributed by atoms with Gasteiger partial charge in [0.1, 0.15) is 6.54 Å². The van der Waals surface area contributed by atoms with Crippen molar-refractivity contribution in [1.82, 2.24) is 4.90 Å². The Morgan fingerprint density at radius 1 is 1.37 bits per heavy atom. The van der Waals surface area contributed by atoms with E-state index in [0.717, 1.165) is 25.3 Å². The van der Waals surface area contributed by atoms with Crippen LogP contribution in [0.25, 0.3) is 0 Å². The van der Waals surface area contributed by atoms with Crippen molar-refractivity contribution in [2.45, 2.75) is 38.7 Å². The summed E-state index contributed by atoms with van der Waals surface area (Å²) in [5.41, 5.74) is -0.194. The lowest BCUT2D eigenvalue weighted by molar-refractivity contribution is -0.384. The highest BCUT2D eigenvalue weighted by Crippen LogP contribution is 2.26. The van der Waals surface area contributed by atoms with Gasteiger partial charge in [0, 0.05) is 25.1 Å². The van der Waals surface area contributed by atoms with Crippen molar-refractivity contribution in [1.29, 1.82) is 0 Å². The molecule has 9 nitrogen and oxygen atoms in total. The van der Waals surface area contributed by atoms with E-state index in [2.05, 4.69) is 5.32 Å². The molecule has 0 bridgehead atoms. The first kappa shape index (κ1) is 20.6. The van der Waals surface area contributed by atoms with E-state index in [-0.39, 0.29) is 28.8 Å². The predicted molar refractivity (Wildman–Crippen MR) is 97.3 cm³/mol. The van der Waals surface area contributed by atoms with E-state index in [1.54, 1.807) is 0 Å². The van der Waals surface area contributed by atoms with Crippen molar-refractivity contribution in [2.75, 3.05) is 18.4 Å². The summed E-state index contributed by atoms with van der Waals surface area (Å²) in [7, 11) is 0. The Kier molecular flexibility index (Phi) is 7.12. The minimum absolute atomic E-state index is 0.0430. The molecule has 1 fully saturated rings. The maximum absolute atomic E-state index is 12.2. The number of benzene rings is 1. The molecular formula is C17H20ClN3O6. The summed E-state index contributed by atoms with van der Waals surface area (Å²) in [6.07, 6.45) is 1.79. The van der Waals surface area contributed by atoms with Crippen LogP contribution >= 0.6 is 11.6 Å². The molecule has 1 atom stereocenters. The Morgan fingerprint density at radius 3 is 2.81 bits per heavy atom. The van der Waals surface area contributed by atoms with E-state index in [1.807, 2.05) is 0 Å². The van der Waals surface area contributed by atoms with Crippen LogP contribution in [0.3, 0.4) is 0 Å². The van der Waals surface area contributed by atoms with Gasteiger partial charge in [-0.2, -0.15) is 0 Å². The van der Waals surface area contributed by atoms with Crippen LogP contribution in [0, 0.1) is 10.1 Å². The fourth-order valence-corrected chi connectivity index (χ4v) is 2.77. The zero-order chi connectivity index (χ0) is 20.0. The topological polar surface area (TPSA) is 119 Å². The van der Waals surface area contributed by atoms with Crippen LogP contribution in [0.15, 0.2) is 18.2 Å². The van der Waals surface area contributed by atoms with Gasteiger partial charge in [0.25, 0.3) is 11.6 Å². The fraction of sp³-hybridized carbons (Fsp3) is 0.471. The molecule has 0 unspecified atom stereocenters. The molecule has 2 amide bonds. The van der Waals surface area contributed by atoms with Crippen LogP contribution in [-0.2, 0) is 19.1 Å². The quantitative estimate of drug-likeness (QED) is 0.447. The third kappa shape index (κ3) is 5.92. The lowest BCUT2D eigenvalue weighted by atomic mass is 10.2. The van der Waals surface area contributed by atoms with Gasteiger partial charge in [-0.15, -0.1) is 0 Å². The number of carbonyl (C=O) groups excluding carboxylic acids is 3. The van der Waals surface area contributed by atoms with Gasteiger partial charge in [-0.3, -0.25) is 24.5 Å². The monoisotopic (exact) mass is 397 g/mol. The summed E-state index contributed by atoms with van der Waals surface area (Å²) >= 11 is 5.93. The molecule has 0 aromatic heterocycles. The van der Waals surface area contributed by atoms with Crippen molar-refractivity contribution in [3.05, 3.63) is 33.3 Å². The zero-order valence-corrected chi connectivity index (χ0v) is 15.5. The van der Waals surface area contributed by atoms with Gasteiger partial charge in [0.05, 0.1) is 15.6 Å². The standard InChI is InChI=1S/C17H20ClN3O6/c1-11(27-16(23)10-20-8-4-2-3-5-15(20)22)17(24)19-14-9-12(21(25)26)6-7-13(14)18/h6-7,9,11H,2-5,8,10H2,1H3,(H,19,24)/t11-/m0/s1. The van der Waals surface area contributed by atoms with Gasteiger partial charge in [-0.1, -0.05) is 18.0 Å². The molecule has 2 rings (SSSR count). The lowest BCUT2D eigenvalue weighted by Gasteiger charge is -2.21. The third-order valence-corrected chi connectivity index (χ3v) is 4.42. The van der Waals surface area contributed by atoms with Gasteiger partial charge in [0.2, 0.25) is 5.91 Å². The number of anilines is 1. The van der Waals surface area contributed by atoms with Gasteiger partial charge >= 0.3 is 5.97 Å². The molecule has 1 aromatic carbocycles. The minimum Gasteiger partial charge on any atom is -0.451 e. The molecule has 0 saturated carbocycles. The third-order valence-electron chi connectivity index (χ3n) is 4.09. The van der Waals surface area contributed by atoms with Gasteiger partial charge in [-0.05, 0) is 25.8 Å². The average molecular weight is 398 g/mol. The highest BCUT2D eigenvalue weighted by molar-refractivity contribution is 6.33. The fourth-order valence-electron chi connectivity index (χ4n) is 2.61. The van der Waals surface area contributed by atoms with Crippen LogP contribution in [0.5, 0.6) is 0 Å². The number of nitro groups is 1. The zero-order valence-electron chi connectivity index (χ0n) is 14.8. The predicted octanol–water partition coefficient (Wildman–Crippen LogP) is 2.52. The number of non-ortho nitro benzene ring substituents is 1. The summed E-state index contributed by atoms with van der Waals surface area (Å²) in [4.78, 5) is 47.8. The van der Waals surface area contributed by atoms with Gasteiger partial charge in [0.15, 0.2) is 6.10 Å². The number of ether oxygens (including phenoxy) is 1.